The zero-order valence-electron chi connectivity index (χ0n) is 12.4. The standard InChI is InChI=1S/C16H23N3O/c1-4-20-13-7-5-6-12(8-13)14(10-17)16-9-15(11(2)3)18-19-16/h5-9,11,14H,4,10,17H2,1-3H3,(H,18,19). The molecule has 4 nitrogen and oxygen atoms in total. The van der Waals surface area contributed by atoms with E-state index in [-0.39, 0.29) is 5.92 Å². The minimum Gasteiger partial charge on any atom is -0.494 e. The second-order valence-corrected chi connectivity index (χ2v) is 5.20. The van der Waals surface area contributed by atoms with Crippen LogP contribution in [0.15, 0.2) is 30.3 Å². The molecule has 0 aliphatic rings. The van der Waals surface area contributed by atoms with Crippen molar-refractivity contribution in [1.82, 2.24) is 10.2 Å². The van der Waals surface area contributed by atoms with E-state index in [1.807, 2.05) is 19.1 Å². The highest BCUT2D eigenvalue weighted by Crippen LogP contribution is 2.27. The number of nitrogens with two attached hydrogens (primary N) is 1. The van der Waals surface area contributed by atoms with E-state index < -0.39 is 0 Å². The monoisotopic (exact) mass is 273 g/mol. The Labute approximate surface area is 120 Å². The first kappa shape index (κ1) is 14.6. The lowest BCUT2D eigenvalue weighted by molar-refractivity contribution is 0.340. The molecule has 1 heterocycles. The van der Waals surface area contributed by atoms with Gasteiger partial charge in [0.2, 0.25) is 0 Å². The van der Waals surface area contributed by atoms with Crippen molar-refractivity contribution in [1.29, 1.82) is 0 Å². The molecule has 1 unspecified atom stereocenters. The van der Waals surface area contributed by atoms with Crippen molar-refractivity contribution in [3.63, 3.8) is 0 Å². The average molecular weight is 273 g/mol. The Hall–Kier alpha value is -1.81. The Morgan fingerprint density at radius 1 is 1.30 bits per heavy atom. The molecule has 20 heavy (non-hydrogen) atoms. The lowest BCUT2D eigenvalue weighted by atomic mass is 9.95. The van der Waals surface area contributed by atoms with Gasteiger partial charge in [-0.1, -0.05) is 26.0 Å². The van der Waals surface area contributed by atoms with Gasteiger partial charge in [-0.05, 0) is 36.6 Å². The molecule has 0 radical (unpaired) electrons. The van der Waals surface area contributed by atoms with Crippen molar-refractivity contribution in [3.8, 4) is 5.75 Å². The Morgan fingerprint density at radius 3 is 2.70 bits per heavy atom. The first-order valence-corrected chi connectivity index (χ1v) is 7.13. The van der Waals surface area contributed by atoms with Gasteiger partial charge in [-0.2, -0.15) is 5.10 Å². The quantitative estimate of drug-likeness (QED) is 0.850. The smallest absolute Gasteiger partial charge is 0.119 e. The van der Waals surface area contributed by atoms with E-state index in [0.29, 0.717) is 19.1 Å². The minimum absolute atomic E-state index is 0.121. The maximum Gasteiger partial charge on any atom is 0.119 e. The van der Waals surface area contributed by atoms with Crippen LogP contribution in [0.3, 0.4) is 0 Å². The third kappa shape index (κ3) is 3.20. The lowest BCUT2D eigenvalue weighted by Crippen LogP contribution is -2.14. The summed E-state index contributed by atoms with van der Waals surface area (Å²) in [6, 6.07) is 10.2. The van der Waals surface area contributed by atoms with Crippen LogP contribution in [0.25, 0.3) is 0 Å². The third-order valence-electron chi connectivity index (χ3n) is 3.39. The predicted octanol–water partition coefficient (Wildman–Crippen LogP) is 3.02. The second kappa shape index (κ2) is 6.57. The van der Waals surface area contributed by atoms with E-state index in [0.717, 1.165) is 22.7 Å². The average Bonchev–Trinajstić information content (AvgIpc) is 2.90. The SMILES string of the molecule is CCOc1cccc(C(CN)c2cc(C(C)C)n[nH]2)c1. The number of ether oxygens (including phenoxy) is 1. The van der Waals surface area contributed by atoms with E-state index in [1.165, 1.54) is 0 Å². The van der Waals surface area contributed by atoms with E-state index in [2.05, 4.69) is 42.2 Å². The number of rotatable bonds is 6. The predicted molar refractivity (Wildman–Crippen MR) is 81.2 cm³/mol. The fraction of sp³-hybridized carbons (Fsp3) is 0.438. The molecule has 0 aliphatic heterocycles. The van der Waals surface area contributed by atoms with Crippen molar-refractivity contribution in [3.05, 3.63) is 47.3 Å². The van der Waals surface area contributed by atoms with Crippen LogP contribution in [0.1, 0.15) is 49.6 Å². The number of nitrogens with one attached hydrogen (secondary N) is 1. The van der Waals surface area contributed by atoms with Gasteiger partial charge in [0.15, 0.2) is 0 Å². The number of H-pyrrole nitrogens is 1. The Kier molecular flexibility index (Phi) is 4.79. The molecule has 4 heteroatoms. The summed E-state index contributed by atoms with van der Waals surface area (Å²) < 4.78 is 5.55. The third-order valence-corrected chi connectivity index (χ3v) is 3.39. The highest BCUT2D eigenvalue weighted by molar-refractivity contribution is 5.36. The van der Waals surface area contributed by atoms with Crippen LogP contribution in [0.2, 0.25) is 0 Å². The number of nitrogens with zero attached hydrogens (tertiary/aromatic N) is 1. The molecular formula is C16H23N3O. The Balaban J connectivity index is 2.28. The maximum atomic E-state index is 5.96. The first-order chi connectivity index (χ1) is 9.65. The molecule has 0 saturated heterocycles. The largest absolute Gasteiger partial charge is 0.494 e. The van der Waals surface area contributed by atoms with Crippen LogP contribution >= 0.6 is 0 Å². The van der Waals surface area contributed by atoms with Gasteiger partial charge in [-0.15, -0.1) is 0 Å². The molecule has 1 aromatic heterocycles. The molecular weight excluding hydrogens is 250 g/mol. The van der Waals surface area contributed by atoms with Crippen LogP contribution < -0.4 is 10.5 Å². The summed E-state index contributed by atoms with van der Waals surface area (Å²) in [4.78, 5) is 0. The summed E-state index contributed by atoms with van der Waals surface area (Å²) in [6.07, 6.45) is 0. The summed E-state index contributed by atoms with van der Waals surface area (Å²) in [7, 11) is 0. The van der Waals surface area contributed by atoms with E-state index in [1.54, 1.807) is 0 Å². The fourth-order valence-electron chi connectivity index (χ4n) is 2.26. The molecule has 1 aromatic carbocycles. The van der Waals surface area contributed by atoms with Crippen LogP contribution in [-0.2, 0) is 0 Å². The summed E-state index contributed by atoms with van der Waals surface area (Å²) in [5.41, 5.74) is 9.24. The molecule has 0 saturated carbocycles. The second-order valence-electron chi connectivity index (χ2n) is 5.20. The molecule has 3 N–H and O–H groups in total. The van der Waals surface area contributed by atoms with Gasteiger partial charge < -0.3 is 10.5 Å². The summed E-state index contributed by atoms with van der Waals surface area (Å²) >= 11 is 0. The van der Waals surface area contributed by atoms with Crippen LogP contribution in [0, 0.1) is 0 Å². The van der Waals surface area contributed by atoms with Gasteiger partial charge in [-0.3, -0.25) is 5.10 Å². The van der Waals surface area contributed by atoms with Gasteiger partial charge in [-0.25, -0.2) is 0 Å². The van der Waals surface area contributed by atoms with E-state index in [9.17, 15) is 0 Å². The number of hydrogen-bond acceptors (Lipinski definition) is 3. The number of aromatic amines is 1. The first-order valence-electron chi connectivity index (χ1n) is 7.13. The molecule has 108 valence electrons. The van der Waals surface area contributed by atoms with Gasteiger partial charge in [0, 0.05) is 18.2 Å². The highest BCUT2D eigenvalue weighted by atomic mass is 16.5. The molecule has 0 fully saturated rings. The van der Waals surface area contributed by atoms with Crippen molar-refractivity contribution < 1.29 is 4.74 Å². The van der Waals surface area contributed by atoms with Gasteiger partial charge in [0.1, 0.15) is 5.75 Å². The molecule has 0 amide bonds. The van der Waals surface area contributed by atoms with Crippen molar-refractivity contribution in [2.24, 2.45) is 5.73 Å². The normalized spacial score (nSPS) is 12.7. The summed E-state index contributed by atoms with van der Waals surface area (Å²) in [5, 5.41) is 7.47. The minimum atomic E-state index is 0.121. The van der Waals surface area contributed by atoms with E-state index in [4.69, 9.17) is 10.5 Å². The van der Waals surface area contributed by atoms with Crippen molar-refractivity contribution >= 4 is 0 Å². The van der Waals surface area contributed by atoms with Gasteiger partial charge >= 0.3 is 0 Å². The van der Waals surface area contributed by atoms with Gasteiger partial charge in [0.25, 0.3) is 0 Å². The lowest BCUT2D eigenvalue weighted by Gasteiger charge is -2.14. The Morgan fingerprint density at radius 2 is 2.10 bits per heavy atom. The van der Waals surface area contributed by atoms with Crippen molar-refractivity contribution in [2.45, 2.75) is 32.6 Å². The van der Waals surface area contributed by atoms with E-state index >= 15 is 0 Å². The number of benzene rings is 1. The Bertz CT molecular complexity index is 548. The fourth-order valence-corrected chi connectivity index (χ4v) is 2.26. The van der Waals surface area contributed by atoms with Crippen LogP contribution in [-0.4, -0.2) is 23.3 Å². The zero-order valence-corrected chi connectivity index (χ0v) is 12.4. The van der Waals surface area contributed by atoms with Gasteiger partial charge in [0.05, 0.1) is 12.3 Å². The number of aromatic nitrogens is 2. The van der Waals surface area contributed by atoms with Crippen LogP contribution in [0.4, 0.5) is 0 Å². The van der Waals surface area contributed by atoms with Crippen LogP contribution in [0.5, 0.6) is 5.75 Å². The molecule has 1 atom stereocenters. The topological polar surface area (TPSA) is 63.9 Å². The molecule has 2 aromatic rings. The maximum absolute atomic E-state index is 5.96. The highest BCUT2D eigenvalue weighted by Gasteiger charge is 2.16. The molecule has 0 aliphatic carbocycles. The number of hydrogen-bond donors (Lipinski definition) is 2. The molecule has 2 rings (SSSR count). The summed E-state index contributed by atoms with van der Waals surface area (Å²) in [5.74, 6) is 1.41. The zero-order chi connectivity index (χ0) is 14.5. The van der Waals surface area contributed by atoms with Crippen molar-refractivity contribution in [2.75, 3.05) is 13.2 Å². The molecule has 0 bridgehead atoms. The summed E-state index contributed by atoms with van der Waals surface area (Å²) in [6.45, 7) is 7.45. The molecule has 0 spiro atoms.